The predicted molar refractivity (Wildman–Crippen MR) is 78.3 cm³/mol. The number of nitrogens with one attached hydrogen (secondary N) is 1. The Kier molecular flexibility index (Phi) is 4.57. The highest BCUT2D eigenvalue weighted by Gasteiger charge is 2.26. The quantitative estimate of drug-likeness (QED) is 0.789. The zero-order valence-corrected chi connectivity index (χ0v) is 12.2. The van der Waals surface area contributed by atoms with Crippen molar-refractivity contribution in [2.75, 3.05) is 39.4 Å². The van der Waals surface area contributed by atoms with E-state index in [2.05, 4.69) is 10.2 Å². The van der Waals surface area contributed by atoms with Gasteiger partial charge in [0.05, 0.1) is 19.3 Å². The van der Waals surface area contributed by atoms with Crippen LogP contribution in [0.3, 0.4) is 0 Å². The fourth-order valence-electron chi connectivity index (χ4n) is 2.70. The Bertz CT molecular complexity index is 478. The van der Waals surface area contributed by atoms with Crippen molar-refractivity contribution in [3.8, 4) is 0 Å². The maximum absolute atomic E-state index is 12.2. The number of nitrogens with zero attached hydrogens (tertiary/aromatic N) is 2. The van der Waals surface area contributed by atoms with Crippen molar-refractivity contribution in [2.45, 2.75) is 25.0 Å². The summed E-state index contributed by atoms with van der Waals surface area (Å²) in [7, 11) is 0. The van der Waals surface area contributed by atoms with Crippen molar-refractivity contribution in [1.82, 2.24) is 14.8 Å². The molecule has 2 N–H and O–H groups in total. The van der Waals surface area contributed by atoms with Gasteiger partial charge in [-0.1, -0.05) is 0 Å². The number of amides is 1. The van der Waals surface area contributed by atoms with Crippen LogP contribution in [-0.2, 0) is 4.74 Å². The summed E-state index contributed by atoms with van der Waals surface area (Å²) in [6, 6.07) is 4.22. The number of ether oxygens (including phenoxy) is 1. The first-order valence-corrected chi connectivity index (χ1v) is 7.67. The molecule has 0 radical (unpaired) electrons. The molecule has 1 saturated heterocycles. The van der Waals surface area contributed by atoms with Crippen LogP contribution in [0.4, 0.5) is 0 Å². The van der Waals surface area contributed by atoms with E-state index in [1.54, 1.807) is 0 Å². The Morgan fingerprint density at radius 3 is 2.90 bits per heavy atom. The number of hydrogen-bond acceptors (Lipinski definition) is 4. The molecule has 1 aromatic rings. The average Bonchev–Trinajstić information content (AvgIpc) is 3.23. The van der Waals surface area contributed by atoms with Crippen molar-refractivity contribution >= 4 is 5.91 Å². The van der Waals surface area contributed by atoms with E-state index in [1.807, 2.05) is 22.9 Å². The van der Waals surface area contributed by atoms with Crippen LogP contribution in [0.1, 0.15) is 29.4 Å². The van der Waals surface area contributed by atoms with Crippen LogP contribution in [0, 0.1) is 0 Å². The monoisotopic (exact) mass is 293 g/mol. The molecule has 1 unspecified atom stereocenters. The van der Waals surface area contributed by atoms with Crippen LogP contribution in [0.2, 0.25) is 0 Å². The molecule has 21 heavy (non-hydrogen) atoms. The minimum Gasteiger partial charge on any atom is -0.390 e. The van der Waals surface area contributed by atoms with Gasteiger partial charge in [-0.05, 0) is 25.0 Å². The van der Waals surface area contributed by atoms with Gasteiger partial charge in [0.1, 0.15) is 5.69 Å². The highest BCUT2D eigenvalue weighted by Crippen LogP contribution is 2.35. The predicted octanol–water partition coefficient (Wildman–Crippen LogP) is 0.246. The van der Waals surface area contributed by atoms with Crippen molar-refractivity contribution in [2.24, 2.45) is 0 Å². The Morgan fingerprint density at radius 2 is 2.19 bits per heavy atom. The minimum atomic E-state index is -0.545. The van der Waals surface area contributed by atoms with E-state index in [4.69, 9.17) is 4.74 Å². The van der Waals surface area contributed by atoms with E-state index in [0.717, 1.165) is 25.9 Å². The third-order valence-corrected chi connectivity index (χ3v) is 4.02. The molecule has 116 valence electrons. The number of carbonyl (C=O) groups excluding carboxylic acids is 1. The van der Waals surface area contributed by atoms with E-state index in [-0.39, 0.29) is 12.5 Å². The van der Waals surface area contributed by atoms with Gasteiger partial charge in [-0.3, -0.25) is 9.69 Å². The molecule has 1 atom stereocenters. The number of hydrogen-bond donors (Lipinski definition) is 2. The normalized spacial score (nSPS) is 21.2. The third-order valence-electron chi connectivity index (χ3n) is 4.02. The Balaban J connectivity index is 1.45. The van der Waals surface area contributed by atoms with Gasteiger partial charge in [-0.2, -0.15) is 0 Å². The van der Waals surface area contributed by atoms with E-state index in [9.17, 15) is 9.90 Å². The Labute approximate surface area is 124 Å². The molecule has 1 aliphatic carbocycles. The minimum absolute atomic E-state index is 0.104. The molecule has 0 aromatic carbocycles. The second-order valence-electron chi connectivity index (χ2n) is 5.81. The van der Waals surface area contributed by atoms with Crippen LogP contribution in [0.5, 0.6) is 0 Å². The summed E-state index contributed by atoms with van der Waals surface area (Å²) in [4.78, 5) is 14.3. The van der Waals surface area contributed by atoms with Gasteiger partial charge in [-0.15, -0.1) is 0 Å². The maximum Gasteiger partial charge on any atom is 0.268 e. The highest BCUT2D eigenvalue weighted by atomic mass is 16.5. The Morgan fingerprint density at radius 1 is 1.43 bits per heavy atom. The fraction of sp³-hybridized carbons (Fsp3) is 0.667. The highest BCUT2D eigenvalue weighted by molar-refractivity contribution is 5.92. The molecule has 6 heteroatoms. The standard InChI is InChI=1S/C15H23N3O3/c19-13(11-17-6-8-21-9-7-17)10-16-15(20)14-2-1-5-18(14)12-3-4-12/h1-2,5,12-13,19H,3-4,6-11H2,(H,16,20). The lowest BCUT2D eigenvalue weighted by Gasteiger charge is -2.28. The van der Waals surface area contributed by atoms with Gasteiger partial charge < -0.3 is 19.7 Å². The number of aliphatic hydroxyl groups excluding tert-OH is 1. The van der Waals surface area contributed by atoms with E-state index in [0.29, 0.717) is 31.5 Å². The zero-order valence-electron chi connectivity index (χ0n) is 12.2. The molecule has 1 aromatic heterocycles. The zero-order chi connectivity index (χ0) is 14.7. The van der Waals surface area contributed by atoms with Crippen LogP contribution in [0.25, 0.3) is 0 Å². The number of rotatable bonds is 6. The lowest BCUT2D eigenvalue weighted by molar-refractivity contribution is 0.0149. The summed E-state index contributed by atoms with van der Waals surface area (Å²) in [5.41, 5.74) is 0.691. The lowest BCUT2D eigenvalue weighted by Crippen LogP contribution is -2.44. The summed E-state index contributed by atoms with van der Waals surface area (Å²) in [6.07, 6.45) is 3.70. The first kappa shape index (κ1) is 14.6. The summed E-state index contributed by atoms with van der Waals surface area (Å²) >= 11 is 0. The molecule has 3 rings (SSSR count). The number of morpholine rings is 1. The summed E-state index contributed by atoms with van der Waals surface area (Å²) in [6.45, 7) is 3.98. The molecule has 1 amide bonds. The largest absolute Gasteiger partial charge is 0.390 e. The number of aliphatic hydroxyl groups is 1. The molecule has 6 nitrogen and oxygen atoms in total. The molecular weight excluding hydrogens is 270 g/mol. The number of β-amino-alcohol motifs (C(OH)–C–C–N with tert-alkyl or cyclic N) is 1. The first-order valence-electron chi connectivity index (χ1n) is 7.67. The molecule has 0 spiro atoms. The topological polar surface area (TPSA) is 66.7 Å². The smallest absolute Gasteiger partial charge is 0.268 e. The maximum atomic E-state index is 12.2. The van der Waals surface area contributed by atoms with Crippen molar-refractivity contribution in [1.29, 1.82) is 0 Å². The SMILES string of the molecule is O=C(NCC(O)CN1CCOCC1)c1cccn1C1CC1. The lowest BCUT2D eigenvalue weighted by atomic mass is 10.3. The molecule has 2 heterocycles. The van der Waals surface area contributed by atoms with Gasteiger partial charge in [0.25, 0.3) is 5.91 Å². The van der Waals surface area contributed by atoms with Crippen LogP contribution in [0.15, 0.2) is 18.3 Å². The second-order valence-corrected chi connectivity index (χ2v) is 5.81. The van der Waals surface area contributed by atoms with Crippen LogP contribution >= 0.6 is 0 Å². The van der Waals surface area contributed by atoms with E-state index < -0.39 is 6.10 Å². The third kappa shape index (κ3) is 3.84. The first-order chi connectivity index (χ1) is 10.2. The Hall–Kier alpha value is -1.37. The van der Waals surface area contributed by atoms with Crippen molar-refractivity contribution in [3.63, 3.8) is 0 Å². The molecule has 0 bridgehead atoms. The van der Waals surface area contributed by atoms with Gasteiger partial charge in [0, 0.05) is 38.4 Å². The molecule has 1 aliphatic heterocycles. The van der Waals surface area contributed by atoms with E-state index >= 15 is 0 Å². The van der Waals surface area contributed by atoms with E-state index in [1.165, 1.54) is 0 Å². The fourth-order valence-corrected chi connectivity index (χ4v) is 2.70. The van der Waals surface area contributed by atoms with Gasteiger partial charge in [-0.25, -0.2) is 0 Å². The van der Waals surface area contributed by atoms with Gasteiger partial charge in [0.15, 0.2) is 0 Å². The van der Waals surface area contributed by atoms with Gasteiger partial charge >= 0.3 is 0 Å². The molecular formula is C15H23N3O3. The van der Waals surface area contributed by atoms with Crippen LogP contribution in [-0.4, -0.2) is 66.0 Å². The molecule has 2 fully saturated rings. The summed E-state index contributed by atoms with van der Waals surface area (Å²) in [5, 5.41) is 12.9. The number of carbonyl (C=O) groups is 1. The second kappa shape index (κ2) is 6.60. The number of aromatic nitrogens is 1. The molecule has 1 saturated carbocycles. The van der Waals surface area contributed by atoms with Crippen molar-refractivity contribution in [3.05, 3.63) is 24.0 Å². The molecule has 2 aliphatic rings. The summed E-state index contributed by atoms with van der Waals surface area (Å²) in [5.74, 6) is -0.104. The van der Waals surface area contributed by atoms with Gasteiger partial charge in [0.2, 0.25) is 0 Å². The summed E-state index contributed by atoms with van der Waals surface area (Å²) < 4.78 is 7.31. The average molecular weight is 293 g/mol. The van der Waals surface area contributed by atoms with Crippen LogP contribution < -0.4 is 5.32 Å². The van der Waals surface area contributed by atoms with Crippen molar-refractivity contribution < 1.29 is 14.6 Å².